The summed E-state index contributed by atoms with van der Waals surface area (Å²) in [7, 11) is 2.08. The highest BCUT2D eigenvalue weighted by Crippen LogP contribution is 2.27. The lowest BCUT2D eigenvalue weighted by atomic mass is 10.1. The van der Waals surface area contributed by atoms with Crippen molar-refractivity contribution in [3.8, 4) is 0 Å². The van der Waals surface area contributed by atoms with Crippen molar-refractivity contribution in [2.75, 3.05) is 11.9 Å². The van der Waals surface area contributed by atoms with Crippen molar-refractivity contribution in [1.29, 1.82) is 0 Å². The Hall–Kier alpha value is -1.10. The van der Waals surface area contributed by atoms with Crippen LogP contribution in [-0.4, -0.2) is 29.1 Å². The van der Waals surface area contributed by atoms with Crippen molar-refractivity contribution in [3.63, 3.8) is 0 Å². The van der Waals surface area contributed by atoms with Crippen LogP contribution in [0.25, 0.3) is 0 Å². The van der Waals surface area contributed by atoms with Gasteiger partial charge in [0.25, 0.3) is 0 Å². The minimum Gasteiger partial charge on any atom is -0.481 e. The third-order valence-electron chi connectivity index (χ3n) is 3.55. The van der Waals surface area contributed by atoms with Gasteiger partial charge in [0.15, 0.2) is 5.13 Å². The van der Waals surface area contributed by atoms with Gasteiger partial charge in [0, 0.05) is 18.5 Å². The second-order valence-electron chi connectivity index (χ2n) is 4.95. The largest absolute Gasteiger partial charge is 0.481 e. The van der Waals surface area contributed by atoms with Gasteiger partial charge >= 0.3 is 5.97 Å². The van der Waals surface area contributed by atoms with Crippen molar-refractivity contribution in [2.24, 2.45) is 0 Å². The molecule has 1 heterocycles. The van der Waals surface area contributed by atoms with Gasteiger partial charge in [0.1, 0.15) is 0 Å². The van der Waals surface area contributed by atoms with Gasteiger partial charge in [-0.1, -0.05) is 25.7 Å². The molecule has 0 bridgehead atoms. The minimum atomic E-state index is -0.816. The van der Waals surface area contributed by atoms with Gasteiger partial charge in [-0.05, 0) is 12.8 Å². The summed E-state index contributed by atoms with van der Waals surface area (Å²) in [6.07, 6.45) is 7.74. The summed E-state index contributed by atoms with van der Waals surface area (Å²) in [5.41, 5.74) is 0.669. The Morgan fingerprint density at radius 1 is 1.44 bits per heavy atom. The molecule has 1 N–H and O–H groups in total. The van der Waals surface area contributed by atoms with Crippen molar-refractivity contribution >= 4 is 22.4 Å². The molecule has 1 aromatic heterocycles. The number of anilines is 1. The quantitative estimate of drug-likeness (QED) is 0.853. The topological polar surface area (TPSA) is 53.4 Å². The molecule has 100 valence electrons. The summed E-state index contributed by atoms with van der Waals surface area (Å²) in [5, 5.41) is 11.6. The molecular formula is C13H20N2O2S. The standard InChI is InChI=1S/C13H20N2O2S/c1-15(11-6-4-2-3-5-7-11)13-14-10(9-18-13)8-12(16)17/h9,11H,2-8H2,1H3,(H,16,17). The SMILES string of the molecule is CN(c1nc(CC(=O)O)cs1)C1CCCCCC1. The van der Waals surface area contributed by atoms with Gasteiger partial charge in [-0.3, -0.25) is 4.79 Å². The Morgan fingerprint density at radius 2 is 2.11 bits per heavy atom. The molecule has 0 radical (unpaired) electrons. The van der Waals surface area contributed by atoms with E-state index in [-0.39, 0.29) is 6.42 Å². The fourth-order valence-corrected chi connectivity index (χ4v) is 3.36. The third kappa shape index (κ3) is 3.45. The molecule has 0 aliphatic heterocycles. The Bertz CT molecular complexity index is 397. The van der Waals surface area contributed by atoms with Crippen LogP contribution in [0.4, 0.5) is 5.13 Å². The molecule has 1 aliphatic carbocycles. The first-order chi connectivity index (χ1) is 8.66. The lowest BCUT2D eigenvalue weighted by Crippen LogP contribution is -2.30. The predicted molar refractivity (Wildman–Crippen MR) is 73.3 cm³/mol. The number of thiazole rings is 1. The van der Waals surface area contributed by atoms with E-state index < -0.39 is 5.97 Å². The van der Waals surface area contributed by atoms with E-state index in [0.717, 1.165) is 5.13 Å². The zero-order valence-electron chi connectivity index (χ0n) is 10.8. The van der Waals surface area contributed by atoms with Gasteiger partial charge in [0.2, 0.25) is 0 Å². The molecule has 1 aromatic rings. The van der Waals surface area contributed by atoms with Crippen LogP contribution in [0.5, 0.6) is 0 Å². The molecule has 0 saturated heterocycles. The molecule has 0 amide bonds. The summed E-state index contributed by atoms with van der Waals surface area (Å²) in [6.45, 7) is 0. The van der Waals surface area contributed by atoms with E-state index in [0.29, 0.717) is 11.7 Å². The Labute approximate surface area is 112 Å². The number of hydrogen-bond acceptors (Lipinski definition) is 4. The van der Waals surface area contributed by atoms with Crippen molar-refractivity contribution in [3.05, 3.63) is 11.1 Å². The Morgan fingerprint density at radius 3 is 2.72 bits per heavy atom. The monoisotopic (exact) mass is 268 g/mol. The number of aromatic nitrogens is 1. The van der Waals surface area contributed by atoms with E-state index in [2.05, 4.69) is 16.9 Å². The minimum absolute atomic E-state index is 0.0228. The lowest BCUT2D eigenvalue weighted by molar-refractivity contribution is -0.136. The maximum absolute atomic E-state index is 10.6. The third-order valence-corrected chi connectivity index (χ3v) is 4.53. The molecule has 18 heavy (non-hydrogen) atoms. The summed E-state index contributed by atoms with van der Waals surface area (Å²) < 4.78 is 0. The zero-order valence-corrected chi connectivity index (χ0v) is 11.6. The first kappa shape index (κ1) is 13.3. The molecule has 1 aliphatic rings. The summed E-state index contributed by atoms with van der Waals surface area (Å²) in [6, 6.07) is 0.566. The molecule has 0 aromatic carbocycles. The molecule has 1 saturated carbocycles. The molecule has 0 unspecified atom stereocenters. The predicted octanol–water partition coefficient (Wildman–Crippen LogP) is 2.93. The molecule has 1 fully saturated rings. The highest BCUT2D eigenvalue weighted by atomic mass is 32.1. The van der Waals surface area contributed by atoms with Crippen molar-refractivity contribution < 1.29 is 9.90 Å². The fourth-order valence-electron chi connectivity index (χ4n) is 2.50. The highest BCUT2D eigenvalue weighted by molar-refractivity contribution is 7.13. The van der Waals surface area contributed by atoms with Gasteiger partial charge in [0.05, 0.1) is 12.1 Å². The summed E-state index contributed by atoms with van der Waals surface area (Å²) in [4.78, 5) is 17.3. The lowest BCUT2D eigenvalue weighted by Gasteiger charge is -2.26. The molecule has 2 rings (SSSR count). The van der Waals surface area contributed by atoms with Crippen LogP contribution in [-0.2, 0) is 11.2 Å². The number of rotatable bonds is 4. The maximum Gasteiger partial charge on any atom is 0.309 e. The van der Waals surface area contributed by atoms with E-state index in [1.54, 1.807) is 11.3 Å². The number of carbonyl (C=O) groups is 1. The molecule has 0 atom stereocenters. The molecule has 0 spiro atoms. The molecular weight excluding hydrogens is 248 g/mol. The molecule has 5 heteroatoms. The van der Waals surface area contributed by atoms with Crippen LogP contribution in [0.3, 0.4) is 0 Å². The number of aliphatic carboxylic acids is 1. The van der Waals surface area contributed by atoms with E-state index in [1.807, 2.05) is 5.38 Å². The normalized spacial score (nSPS) is 17.4. The average Bonchev–Trinajstić information content (AvgIpc) is 2.63. The van der Waals surface area contributed by atoms with E-state index in [9.17, 15) is 4.79 Å². The van der Waals surface area contributed by atoms with E-state index >= 15 is 0 Å². The van der Waals surface area contributed by atoms with Crippen LogP contribution in [0, 0.1) is 0 Å². The van der Waals surface area contributed by atoms with Crippen LogP contribution < -0.4 is 4.90 Å². The number of carboxylic acids is 1. The van der Waals surface area contributed by atoms with Gasteiger partial charge < -0.3 is 10.0 Å². The van der Waals surface area contributed by atoms with Crippen molar-refractivity contribution in [2.45, 2.75) is 51.0 Å². The number of carboxylic acid groups (broad SMARTS) is 1. The first-order valence-electron chi connectivity index (χ1n) is 6.56. The first-order valence-corrected chi connectivity index (χ1v) is 7.44. The van der Waals surface area contributed by atoms with Gasteiger partial charge in [-0.15, -0.1) is 11.3 Å². The van der Waals surface area contributed by atoms with Gasteiger partial charge in [-0.2, -0.15) is 0 Å². The number of nitrogens with zero attached hydrogens (tertiary/aromatic N) is 2. The number of hydrogen-bond donors (Lipinski definition) is 1. The van der Waals surface area contributed by atoms with Crippen LogP contribution >= 0.6 is 11.3 Å². The smallest absolute Gasteiger partial charge is 0.309 e. The average molecular weight is 268 g/mol. The second-order valence-corrected chi connectivity index (χ2v) is 5.78. The molecule has 4 nitrogen and oxygen atoms in total. The second kappa shape index (κ2) is 6.18. The van der Waals surface area contributed by atoms with E-state index in [4.69, 9.17) is 5.11 Å². The van der Waals surface area contributed by atoms with Crippen molar-refractivity contribution in [1.82, 2.24) is 4.98 Å². The van der Waals surface area contributed by atoms with E-state index in [1.165, 1.54) is 38.5 Å². The zero-order chi connectivity index (χ0) is 13.0. The highest BCUT2D eigenvalue weighted by Gasteiger charge is 2.19. The van der Waals surface area contributed by atoms with Gasteiger partial charge in [-0.25, -0.2) is 4.98 Å². The van der Waals surface area contributed by atoms with Crippen LogP contribution in [0.15, 0.2) is 5.38 Å². The van der Waals surface area contributed by atoms with Crippen LogP contribution in [0.1, 0.15) is 44.2 Å². The fraction of sp³-hybridized carbons (Fsp3) is 0.692. The van der Waals surface area contributed by atoms with Crippen LogP contribution in [0.2, 0.25) is 0 Å². The summed E-state index contributed by atoms with van der Waals surface area (Å²) >= 11 is 1.55. The Kier molecular flexibility index (Phi) is 4.58. The Balaban J connectivity index is 2.00. The maximum atomic E-state index is 10.6. The summed E-state index contributed by atoms with van der Waals surface area (Å²) in [5.74, 6) is -0.816.